The van der Waals surface area contributed by atoms with Gasteiger partial charge in [0.15, 0.2) is 0 Å². The summed E-state index contributed by atoms with van der Waals surface area (Å²) >= 11 is 12.0. The molecule has 1 aliphatic carbocycles. The molecular weight excluding hydrogens is 321 g/mol. The van der Waals surface area contributed by atoms with Gasteiger partial charge < -0.3 is 4.74 Å². The van der Waals surface area contributed by atoms with Gasteiger partial charge in [-0.2, -0.15) is 0 Å². The van der Waals surface area contributed by atoms with Crippen molar-refractivity contribution in [3.8, 4) is 5.75 Å². The third-order valence-electron chi connectivity index (χ3n) is 3.57. The van der Waals surface area contributed by atoms with Gasteiger partial charge in [0.25, 0.3) is 0 Å². The SMILES string of the molecule is CC1CCC(Oc2ccc(S(N)(=O)=O)c(Cl)c2Cl)CC1. The Bertz CT molecular complexity index is 596. The lowest BCUT2D eigenvalue weighted by atomic mass is 9.89. The van der Waals surface area contributed by atoms with Gasteiger partial charge in [0.2, 0.25) is 10.0 Å². The summed E-state index contributed by atoms with van der Waals surface area (Å²) in [5, 5.41) is 5.07. The predicted octanol–water partition coefficient (Wildman–Crippen LogP) is 3.60. The monoisotopic (exact) mass is 337 g/mol. The van der Waals surface area contributed by atoms with E-state index in [9.17, 15) is 8.42 Å². The van der Waals surface area contributed by atoms with Crippen LogP contribution in [0.1, 0.15) is 32.6 Å². The van der Waals surface area contributed by atoms with Gasteiger partial charge in [-0.1, -0.05) is 30.1 Å². The highest BCUT2D eigenvalue weighted by atomic mass is 35.5. The molecule has 1 saturated carbocycles. The summed E-state index contributed by atoms with van der Waals surface area (Å²) in [5.41, 5.74) is 0. The molecule has 20 heavy (non-hydrogen) atoms. The third kappa shape index (κ3) is 3.58. The second-order valence-electron chi connectivity index (χ2n) is 5.23. The lowest BCUT2D eigenvalue weighted by Gasteiger charge is -2.27. The first-order valence-corrected chi connectivity index (χ1v) is 8.76. The molecule has 2 N–H and O–H groups in total. The molecule has 7 heteroatoms. The molecule has 0 radical (unpaired) electrons. The van der Waals surface area contributed by atoms with Crippen molar-refractivity contribution >= 4 is 33.2 Å². The zero-order valence-electron chi connectivity index (χ0n) is 11.1. The Balaban J connectivity index is 2.20. The standard InChI is InChI=1S/C13H17Cl2NO3S/c1-8-2-4-9(5-3-8)19-10-6-7-11(20(16,17)18)13(15)12(10)14/h6-9H,2-5H2,1H3,(H2,16,17,18). The van der Waals surface area contributed by atoms with Gasteiger partial charge in [0.1, 0.15) is 15.7 Å². The average molecular weight is 338 g/mol. The summed E-state index contributed by atoms with van der Waals surface area (Å²) in [5.74, 6) is 1.13. The van der Waals surface area contributed by atoms with Crippen LogP contribution in [0.4, 0.5) is 0 Å². The van der Waals surface area contributed by atoms with Gasteiger partial charge >= 0.3 is 0 Å². The van der Waals surface area contributed by atoms with Crippen LogP contribution in [0.2, 0.25) is 10.0 Å². The molecule has 0 spiro atoms. The minimum absolute atomic E-state index is 0.0872. The second kappa shape index (κ2) is 6.10. The van der Waals surface area contributed by atoms with Crippen molar-refractivity contribution in [2.24, 2.45) is 11.1 Å². The van der Waals surface area contributed by atoms with E-state index < -0.39 is 10.0 Å². The van der Waals surface area contributed by atoms with Gasteiger partial charge in [-0.15, -0.1) is 0 Å². The summed E-state index contributed by atoms with van der Waals surface area (Å²) in [4.78, 5) is -0.186. The molecule has 1 aromatic rings. The number of ether oxygens (including phenoxy) is 1. The lowest BCUT2D eigenvalue weighted by Crippen LogP contribution is -2.23. The van der Waals surface area contributed by atoms with E-state index in [0.29, 0.717) is 5.75 Å². The maximum absolute atomic E-state index is 11.3. The highest BCUT2D eigenvalue weighted by molar-refractivity contribution is 7.89. The summed E-state index contributed by atoms with van der Waals surface area (Å²) in [6, 6.07) is 2.83. The highest BCUT2D eigenvalue weighted by Crippen LogP contribution is 2.38. The number of benzene rings is 1. The van der Waals surface area contributed by atoms with Crippen molar-refractivity contribution in [2.45, 2.75) is 43.6 Å². The van der Waals surface area contributed by atoms with Crippen molar-refractivity contribution in [1.82, 2.24) is 0 Å². The molecule has 0 aromatic heterocycles. The molecule has 0 atom stereocenters. The number of hydrogen-bond donors (Lipinski definition) is 1. The number of nitrogens with two attached hydrogens (primary N) is 1. The van der Waals surface area contributed by atoms with Crippen molar-refractivity contribution in [3.05, 3.63) is 22.2 Å². The topological polar surface area (TPSA) is 69.4 Å². The predicted molar refractivity (Wildman–Crippen MR) is 79.9 cm³/mol. The van der Waals surface area contributed by atoms with E-state index in [2.05, 4.69) is 6.92 Å². The molecule has 1 aromatic carbocycles. The minimum Gasteiger partial charge on any atom is -0.489 e. The van der Waals surface area contributed by atoms with E-state index in [1.54, 1.807) is 0 Å². The molecule has 0 heterocycles. The zero-order valence-corrected chi connectivity index (χ0v) is 13.4. The van der Waals surface area contributed by atoms with E-state index in [4.69, 9.17) is 33.1 Å². The van der Waals surface area contributed by atoms with Crippen LogP contribution in [0, 0.1) is 5.92 Å². The van der Waals surface area contributed by atoms with Crippen LogP contribution in [0.5, 0.6) is 5.75 Å². The quantitative estimate of drug-likeness (QED) is 0.915. The van der Waals surface area contributed by atoms with Gasteiger partial charge in [-0.05, 0) is 43.7 Å². The Hall–Kier alpha value is -0.490. The van der Waals surface area contributed by atoms with Crippen LogP contribution >= 0.6 is 23.2 Å². The Kier molecular flexibility index (Phi) is 4.84. The Morgan fingerprint density at radius 3 is 2.30 bits per heavy atom. The normalized spacial score (nSPS) is 23.6. The Labute approximate surface area is 129 Å². The maximum atomic E-state index is 11.3. The number of hydrogen-bond acceptors (Lipinski definition) is 3. The molecule has 1 fully saturated rings. The molecule has 0 saturated heterocycles. The Morgan fingerprint density at radius 1 is 1.15 bits per heavy atom. The van der Waals surface area contributed by atoms with Crippen LogP contribution in [0.15, 0.2) is 17.0 Å². The number of primary sulfonamides is 1. The van der Waals surface area contributed by atoms with Crippen molar-refractivity contribution < 1.29 is 13.2 Å². The van der Waals surface area contributed by atoms with E-state index in [1.807, 2.05) is 0 Å². The van der Waals surface area contributed by atoms with E-state index in [1.165, 1.54) is 12.1 Å². The van der Waals surface area contributed by atoms with Crippen molar-refractivity contribution in [1.29, 1.82) is 0 Å². The zero-order chi connectivity index (χ0) is 14.9. The van der Waals surface area contributed by atoms with Crippen LogP contribution < -0.4 is 9.88 Å². The van der Waals surface area contributed by atoms with Crippen LogP contribution in [-0.2, 0) is 10.0 Å². The smallest absolute Gasteiger partial charge is 0.239 e. The molecule has 0 aliphatic heterocycles. The van der Waals surface area contributed by atoms with Gasteiger partial charge in [-0.25, -0.2) is 13.6 Å². The molecule has 0 amide bonds. The van der Waals surface area contributed by atoms with Crippen LogP contribution in [0.25, 0.3) is 0 Å². The summed E-state index contributed by atoms with van der Waals surface area (Å²) in [7, 11) is -3.89. The van der Waals surface area contributed by atoms with Gasteiger partial charge in [0, 0.05) is 0 Å². The Morgan fingerprint density at radius 2 is 1.75 bits per heavy atom. The van der Waals surface area contributed by atoms with Gasteiger partial charge in [-0.3, -0.25) is 0 Å². The maximum Gasteiger partial charge on any atom is 0.239 e. The molecule has 2 rings (SSSR count). The molecule has 0 unspecified atom stereocenters. The summed E-state index contributed by atoms with van der Waals surface area (Å²) in [6.07, 6.45) is 4.26. The largest absolute Gasteiger partial charge is 0.489 e. The third-order valence-corrected chi connectivity index (χ3v) is 5.50. The highest BCUT2D eigenvalue weighted by Gasteiger charge is 2.23. The van der Waals surface area contributed by atoms with E-state index >= 15 is 0 Å². The molecular formula is C13H17Cl2NO3S. The second-order valence-corrected chi connectivity index (χ2v) is 7.52. The average Bonchev–Trinajstić information content (AvgIpc) is 2.36. The first-order valence-electron chi connectivity index (χ1n) is 6.46. The fourth-order valence-electron chi connectivity index (χ4n) is 2.35. The summed E-state index contributed by atoms with van der Waals surface area (Å²) < 4.78 is 28.5. The van der Waals surface area contributed by atoms with E-state index in [0.717, 1.165) is 31.6 Å². The van der Waals surface area contributed by atoms with Crippen LogP contribution in [-0.4, -0.2) is 14.5 Å². The van der Waals surface area contributed by atoms with Crippen molar-refractivity contribution in [3.63, 3.8) is 0 Å². The fraction of sp³-hybridized carbons (Fsp3) is 0.538. The molecule has 0 bridgehead atoms. The molecule has 4 nitrogen and oxygen atoms in total. The number of rotatable bonds is 3. The molecule has 1 aliphatic rings. The first-order chi connectivity index (χ1) is 9.29. The number of halogens is 2. The minimum atomic E-state index is -3.89. The van der Waals surface area contributed by atoms with E-state index in [-0.39, 0.29) is 21.0 Å². The van der Waals surface area contributed by atoms with Crippen molar-refractivity contribution in [2.75, 3.05) is 0 Å². The van der Waals surface area contributed by atoms with Crippen LogP contribution in [0.3, 0.4) is 0 Å². The fourth-order valence-corrected chi connectivity index (χ4v) is 3.71. The van der Waals surface area contributed by atoms with Gasteiger partial charge in [0.05, 0.1) is 11.1 Å². The lowest BCUT2D eigenvalue weighted by molar-refractivity contribution is 0.135. The summed E-state index contributed by atoms with van der Waals surface area (Å²) in [6.45, 7) is 2.22. The molecule has 112 valence electrons. The first kappa shape index (κ1) is 15.9. The number of sulfonamides is 1.